The molecule has 0 bridgehead atoms. The SMILES string of the molecule is NC(=S)c1ccnc(NC2COc3ccccc32)n1. The van der Waals surface area contributed by atoms with E-state index in [-0.39, 0.29) is 11.0 Å². The third-order valence-corrected chi connectivity index (χ3v) is 3.12. The van der Waals surface area contributed by atoms with Crippen LogP contribution in [0.1, 0.15) is 17.3 Å². The van der Waals surface area contributed by atoms with Crippen molar-refractivity contribution in [3.05, 3.63) is 47.8 Å². The number of aromatic nitrogens is 2. The average Bonchev–Trinajstić information content (AvgIpc) is 2.83. The first-order chi connectivity index (χ1) is 9.24. The largest absolute Gasteiger partial charge is 0.491 e. The van der Waals surface area contributed by atoms with Crippen LogP contribution in [0.2, 0.25) is 0 Å². The summed E-state index contributed by atoms with van der Waals surface area (Å²) in [5.41, 5.74) is 7.21. The highest BCUT2D eigenvalue weighted by Crippen LogP contribution is 2.33. The number of hydrogen-bond acceptors (Lipinski definition) is 5. The van der Waals surface area contributed by atoms with E-state index in [0.717, 1.165) is 11.3 Å². The normalized spacial score (nSPS) is 16.5. The molecule has 5 nitrogen and oxygen atoms in total. The van der Waals surface area contributed by atoms with E-state index in [2.05, 4.69) is 15.3 Å². The zero-order valence-corrected chi connectivity index (χ0v) is 10.9. The Morgan fingerprint density at radius 3 is 3.05 bits per heavy atom. The second-order valence-electron chi connectivity index (χ2n) is 4.18. The second kappa shape index (κ2) is 4.81. The minimum Gasteiger partial charge on any atom is -0.491 e. The average molecular weight is 272 g/mol. The van der Waals surface area contributed by atoms with Crippen molar-refractivity contribution in [2.45, 2.75) is 6.04 Å². The molecule has 0 saturated carbocycles. The lowest BCUT2D eigenvalue weighted by molar-refractivity contribution is 0.339. The van der Waals surface area contributed by atoms with Crippen LogP contribution in [0.4, 0.5) is 5.95 Å². The van der Waals surface area contributed by atoms with Crippen LogP contribution >= 0.6 is 12.2 Å². The summed E-state index contributed by atoms with van der Waals surface area (Å²) in [5, 5.41) is 3.23. The molecule has 96 valence electrons. The van der Waals surface area contributed by atoms with Crippen molar-refractivity contribution >= 4 is 23.2 Å². The fourth-order valence-electron chi connectivity index (χ4n) is 2.00. The molecule has 0 aliphatic carbocycles. The molecule has 1 aromatic heterocycles. The van der Waals surface area contributed by atoms with Gasteiger partial charge in [0.1, 0.15) is 23.0 Å². The fourth-order valence-corrected chi connectivity index (χ4v) is 2.12. The van der Waals surface area contributed by atoms with Gasteiger partial charge >= 0.3 is 0 Å². The number of nitrogens with zero attached hydrogens (tertiary/aromatic N) is 2. The van der Waals surface area contributed by atoms with E-state index in [9.17, 15) is 0 Å². The molecule has 1 aliphatic rings. The number of rotatable bonds is 3. The van der Waals surface area contributed by atoms with Gasteiger partial charge in [0.05, 0.1) is 6.04 Å². The molecule has 0 amide bonds. The van der Waals surface area contributed by atoms with Crippen LogP contribution in [0.5, 0.6) is 5.75 Å². The Labute approximate surface area is 115 Å². The van der Waals surface area contributed by atoms with Gasteiger partial charge in [0.25, 0.3) is 0 Å². The molecule has 6 heteroatoms. The Bertz CT molecular complexity index is 632. The van der Waals surface area contributed by atoms with Crippen LogP contribution in [0.25, 0.3) is 0 Å². The highest BCUT2D eigenvalue weighted by Gasteiger charge is 2.24. The van der Waals surface area contributed by atoms with E-state index in [1.54, 1.807) is 12.3 Å². The summed E-state index contributed by atoms with van der Waals surface area (Å²) in [6, 6.07) is 9.63. The van der Waals surface area contributed by atoms with E-state index in [1.807, 2.05) is 24.3 Å². The van der Waals surface area contributed by atoms with Crippen LogP contribution in [0.15, 0.2) is 36.5 Å². The molecule has 1 atom stereocenters. The van der Waals surface area contributed by atoms with E-state index in [4.69, 9.17) is 22.7 Å². The first-order valence-corrected chi connectivity index (χ1v) is 6.26. The van der Waals surface area contributed by atoms with Gasteiger partial charge in [0.2, 0.25) is 5.95 Å². The Morgan fingerprint density at radius 2 is 2.21 bits per heavy atom. The maximum Gasteiger partial charge on any atom is 0.223 e. The van der Waals surface area contributed by atoms with E-state index in [0.29, 0.717) is 18.2 Å². The van der Waals surface area contributed by atoms with Gasteiger partial charge in [-0.15, -0.1) is 0 Å². The topological polar surface area (TPSA) is 73.1 Å². The number of nitrogens with two attached hydrogens (primary N) is 1. The Balaban J connectivity index is 1.83. The first-order valence-electron chi connectivity index (χ1n) is 5.85. The summed E-state index contributed by atoms with van der Waals surface area (Å²) in [4.78, 5) is 8.69. The maximum atomic E-state index is 5.59. The van der Waals surface area contributed by atoms with Crippen LogP contribution in [0, 0.1) is 0 Å². The number of benzene rings is 1. The maximum absolute atomic E-state index is 5.59. The standard InChI is InChI=1S/C13H12N4OS/c14-12(19)9-5-6-15-13(16-9)17-10-7-18-11-4-2-1-3-8(10)11/h1-6,10H,7H2,(H2,14,19)(H,15,16,17). The summed E-state index contributed by atoms with van der Waals surface area (Å²) in [7, 11) is 0. The van der Waals surface area contributed by atoms with Crippen LogP contribution in [0.3, 0.4) is 0 Å². The van der Waals surface area contributed by atoms with Crippen molar-refractivity contribution in [3.8, 4) is 5.75 Å². The summed E-state index contributed by atoms with van der Waals surface area (Å²) in [5.74, 6) is 1.39. The van der Waals surface area contributed by atoms with E-state index in [1.165, 1.54) is 0 Å². The van der Waals surface area contributed by atoms with Crippen molar-refractivity contribution in [1.82, 2.24) is 9.97 Å². The summed E-state index contributed by atoms with van der Waals surface area (Å²) in [6.07, 6.45) is 1.63. The molecule has 0 fully saturated rings. The molecular formula is C13H12N4OS. The lowest BCUT2D eigenvalue weighted by Gasteiger charge is -2.11. The van der Waals surface area contributed by atoms with Crippen LogP contribution in [-0.4, -0.2) is 21.6 Å². The van der Waals surface area contributed by atoms with Gasteiger partial charge in [0.15, 0.2) is 0 Å². The number of hydrogen-bond donors (Lipinski definition) is 2. The first kappa shape index (κ1) is 11.9. The number of thiocarbonyl (C=S) groups is 1. The van der Waals surface area contributed by atoms with Gasteiger partial charge < -0.3 is 15.8 Å². The van der Waals surface area contributed by atoms with Gasteiger partial charge in [-0.2, -0.15) is 0 Å². The van der Waals surface area contributed by atoms with Gasteiger partial charge in [-0.05, 0) is 12.1 Å². The van der Waals surface area contributed by atoms with Gasteiger partial charge in [0, 0.05) is 11.8 Å². The molecule has 0 spiro atoms. The molecule has 2 heterocycles. The number of fused-ring (bicyclic) bond motifs is 1. The highest BCUT2D eigenvalue weighted by atomic mass is 32.1. The quantitative estimate of drug-likeness (QED) is 0.828. The molecule has 2 aromatic rings. The third kappa shape index (κ3) is 2.34. The monoisotopic (exact) mass is 272 g/mol. The van der Waals surface area contributed by atoms with Gasteiger partial charge in [-0.25, -0.2) is 9.97 Å². The van der Waals surface area contributed by atoms with Crippen molar-refractivity contribution in [3.63, 3.8) is 0 Å². The third-order valence-electron chi connectivity index (χ3n) is 2.91. The lowest BCUT2D eigenvalue weighted by Crippen LogP contribution is -2.17. The Morgan fingerprint density at radius 1 is 1.37 bits per heavy atom. The van der Waals surface area contributed by atoms with Crippen molar-refractivity contribution in [1.29, 1.82) is 0 Å². The minimum absolute atomic E-state index is 0.0396. The fraction of sp³-hybridized carbons (Fsp3) is 0.154. The predicted molar refractivity (Wildman–Crippen MR) is 76.2 cm³/mol. The molecule has 0 radical (unpaired) electrons. The van der Waals surface area contributed by atoms with Gasteiger partial charge in [-0.3, -0.25) is 0 Å². The Hall–Kier alpha value is -2.21. The second-order valence-corrected chi connectivity index (χ2v) is 4.62. The number of anilines is 1. The van der Waals surface area contributed by atoms with Crippen LogP contribution in [-0.2, 0) is 0 Å². The van der Waals surface area contributed by atoms with Crippen LogP contribution < -0.4 is 15.8 Å². The molecule has 1 aliphatic heterocycles. The molecule has 0 saturated heterocycles. The molecule has 3 rings (SSSR count). The number of nitrogens with one attached hydrogen (secondary N) is 1. The number of ether oxygens (including phenoxy) is 1. The smallest absolute Gasteiger partial charge is 0.223 e. The summed E-state index contributed by atoms with van der Waals surface area (Å²) in [6.45, 7) is 0.556. The Kier molecular flexibility index (Phi) is 3.00. The molecular weight excluding hydrogens is 260 g/mol. The molecule has 1 unspecified atom stereocenters. The number of para-hydroxylation sites is 1. The zero-order chi connectivity index (χ0) is 13.2. The highest BCUT2D eigenvalue weighted by molar-refractivity contribution is 7.80. The molecule has 19 heavy (non-hydrogen) atoms. The zero-order valence-electron chi connectivity index (χ0n) is 10.0. The predicted octanol–water partition coefficient (Wildman–Crippen LogP) is 1.66. The lowest BCUT2D eigenvalue weighted by atomic mass is 10.1. The molecule has 1 aromatic carbocycles. The summed E-state index contributed by atoms with van der Waals surface area (Å²) < 4.78 is 5.59. The molecule has 3 N–H and O–H groups in total. The van der Waals surface area contributed by atoms with Crippen molar-refractivity contribution in [2.75, 3.05) is 11.9 Å². The van der Waals surface area contributed by atoms with E-state index < -0.39 is 0 Å². The van der Waals surface area contributed by atoms with Crippen molar-refractivity contribution in [2.24, 2.45) is 5.73 Å². The van der Waals surface area contributed by atoms with Gasteiger partial charge in [-0.1, -0.05) is 30.4 Å². The summed E-state index contributed by atoms with van der Waals surface area (Å²) >= 11 is 4.90. The van der Waals surface area contributed by atoms with Crippen molar-refractivity contribution < 1.29 is 4.74 Å². The minimum atomic E-state index is 0.0396. The van der Waals surface area contributed by atoms with E-state index >= 15 is 0 Å².